The summed E-state index contributed by atoms with van der Waals surface area (Å²) in [6.45, 7) is 0.317. The maximum absolute atomic E-state index is 12.2. The number of anilines is 1. The molecule has 7 heteroatoms. The molecule has 0 aliphatic carbocycles. The van der Waals surface area contributed by atoms with Gasteiger partial charge in [0, 0.05) is 21.8 Å². The molecule has 0 aliphatic rings. The SMILES string of the molecule is O=C(NO)c1ccc(COc2ccc(NC(=O)c3ccc(Cl)cc3)cc2)cc1. The summed E-state index contributed by atoms with van der Waals surface area (Å²) in [6.07, 6.45) is 0. The largest absolute Gasteiger partial charge is 0.489 e. The van der Waals surface area contributed by atoms with Gasteiger partial charge in [-0.15, -0.1) is 0 Å². The van der Waals surface area contributed by atoms with Crippen LogP contribution in [0, 0.1) is 0 Å². The highest BCUT2D eigenvalue weighted by Crippen LogP contribution is 2.18. The van der Waals surface area contributed by atoms with Gasteiger partial charge in [-0.2, -0.15) is 0 Å². The molecule has 28 heavy (non-hydrogen) atoms. The van der Waals surface area contributed by atoms with Gasteiger partial charge in [0.1, 0.15) is 12.4 Å². The van der Waals surface area contributed by atoms with Crippen molar-refractivity contribution in [1.29, 1.82) is 0 Å². The first-order valence-electron chi connectivity index (χ1n) is 8.38. The van der Waals surface area contributed by atoms with E-state index in [0.717, 1.165) is 5.56 Å². The number of halogens is 1. The number of amides is 2. The number of hydroxylamine groups is 1. The number of hydrogen-bond acceptors (Lipinski definition) is 4. The molecule has 0 aliphatic heterocycles. The van der Waals surface area contributed by atoms with Crippen molar-refractivity contribution < 1.29 is 19.5 Å². The molecule has 0 atom stereocenters. The predicted octanol–water partition coefficient (Wildman–Crippen LogP) is 4.29. The van der Waals surface area contributed by atoms with Gasteiger partial charge in [0.2, 0.25) is 0 Å². The Morgan fingerprint density at radius 1 is 0.821 bits per heavy atom. The number of carbonyl (C=O) groups is 2. The lowest BCUT2D eigenvalue weighted by Crippen LogP contribution is -2.18. The van der Waals surface area contributed by atoms with E-state index >= 15 is 0 Å². The summed E-state index contributed by atoms with van der Waals surface area (Å²) >= 11 is 5.82. The molecule has 0 bridgehead atoms. The van der Waals surface area contributed by atoms with Crippen LogP contribution >= 0.6 is 11.6 Å². The molecule has 0 radical (unpaired) electrons. The van der Waals surface area contributed by atoms with E-state index in [-0.39, 0.29) is 5.91 Å². The van der Waals surface area contributed by atoms with E-state index < -0.39 is 5.91 Å². The van der Waals surface area contributed by atoms with Gasteiger partial charge in [0.25, 0.3) is 11.8 Å². The summed E-state index contributed by atoms with van der Waals surface area (Å²) in [7, 11) is 0. The molecule has 3 aromatic rings. The van der Waals surface area contributed by atoms with Crippen LogP contribution in [0.1, 0.15) is 26.3 Å². The molecule has 142 valence electrons. The smallest absolute Gasteiger partial charge is 0.274 e. The molecule has 2 amide bonds. The molecular formula is C21H17ClN2O4. The number of hydrogen-bond donors (Lipinski definition) is 3. The van der Waals surface area contributed by atoms with Gasteiger partial charge >= 0.3 is 0 Å². The molecular weight excluding hydrogens is 380 g/mol. The minimum Gasteiger partial charge on any atom is -0.489 e. The molecule has 3 N–H and O–H groups in total. The zero-order valence-corrected chi connectivity index (χ0v) is 15.4. The predicted molar refractivity (Wildman–Crippen MR) is 106 cm³/mol. The van der Waals surface area contributed by atoms with Crippen LogP contribution in [0.4, 0.5) is 5.69 Å². The third kappa shape index (κ3) is 5.09. The van der Waals surface area contributed by atoms with E-state index in [9.17, 15) is 9.59 Å². The fraction of sp³-hybridized carbons (Fsp3) is 0.0476. The normalized spacial score (nSPS) is 10.2. The van der Waals surface area contributed by atoms with Crippen LogP contribution in [0.2, 0.25) is 5.02 Å². The van der Waals surface area contributed by atoms with E-state index in [0.29, 0.717) is 34.2 Å². The molecule has 3 rings (SSSR count). The van der Waals surface area contributed by atoms with Crippen molar-refractivity contribution >= 4 is 29.1 Å². The zero-order valence-electron chi connectivity index (χ0n) is 14.7. The standard InChI is InChI=1S/C21H17ClN2O4/c22-17-7-5-15(6-8-17)20(25)23-18-9-11-19(12-10-18)28-13-14-1-3-16(4-2-14)21(26)24-27/h1-12,27H,13H2,(H,23,25)(H,24,26). The first kappa shape index (κ1) is 19.4. The van der Waals surface area contributed by atoms with Crippen molar-refractivity contribution in [3.8, 4) is 5.75 Å². The highest BCUT2D eigenvalue weighted by Gasteiger charge is 2.07. The van der Waals surface area contributed by atoms with E-state index in [2.05, 4.69) is 5.32 Å². The Labute approximate surface area is 166 Å². The number of benzene rings is 3. The second kappa shape index (κ2) is 9.03. The van der Waals surface area contributed by atoms with Gasteiger partial charge in [-0.05, 0) is 66.2 Å². The topological polar surface area (TPSA) is 87.7 Å². The average Bonchev–Trinajstić information content (AvgIpc) is 2.73. The molecule has 0 aromatic heterocycles. The second-order valence-corrected chi connectivity index (χ2v) is 6.35. The summed E-state index contributed by atoms with van der Waals surface area (Å²) in [5, 5.41) is 12.0. The van der Waals surface area contributed by atoms with Crippen molar-refractivity contribution in [2.45, 2.75) is 6.61 Å². The minimum atomic E-state index is -0.566. The van der Waals surface area contributed by atoms with Gasteiger partial charge in [-0.25, -0.2) is 5.48 Å². The van der Waals surface area contributed by atoms with Crippen LogP contribution in [-0.4, -0.2) is 17.0 Å². The van der Waals surface area contributed by atoms with Gasteiger partial charge in [-0.1, -0.05) is 23.7 Å². The van der Waals surface area contributed by atoms with Crippen molar-refractivity contribution in [3.05, 3.63) is 94.5 Å². The van der Waals surface area contributed by atoms with Crippen molar-refractivity contribution in [2.24, 2.45) is 0 Å². The van der Waals surface area contributed by atoms with Crippen LogP contribution in [0.5, 0.6) is 5.75 Å². The van der Waals surface area contributed by atoms with E-state index in [1.807, 2.05) is 0 Å². The van der Waals surface area contributed by atoms with Crippen molar-refractivity contribution in [3.63, 3.8) is 0 Å². The van der Waals surface area contributed by atoms with Crippen LogP contribution in [0.3, 0.4) is 0 Å². The molecule has 0 saturated carbocycles. The zero-order chi connectivity index (χ0) is 19.9. The molecule has 0 fully saturated rings. The van der Waals surface area contributed by atoms with Gasteiger partial charge in [0.15, 0.2) is 0 Å². The summed E-state index contributed by atoms with van der Waals surface area (Å²) in [6, 6.07) is 20.3. The fourth-order valence-corrected chi connectivity index (χ4v) is 2.55. The Morgan fingerprint density at radius 3 is 2.00 bits per heavy atom. The summed E-state index contributed by atoms with van der Waals surface area (Å²) in [5.41, 5.74) is 3.97. The maximum atomic E-state index is 12.2. The summed E-state index contributed by atoms with van der Waals surface area (Å²) in [4.78, 5) is 23.5. The summed E-state index contributed by atoms with van der Waals surface area (Å²) < 4.78 is 5.70. The van der Waals surface area contributed by atoms with Gasteiger partial charge < -0.3 is 10.1 Å². The van der Waals surface area contributed by atoms with Gasteiger partial charge in [0.05, 0.1) is 0 Å². The lowest BCUT2D eigenvalue weighted by molar-refractivity contribution is 0.0706. The fourth-order valence-electron chi connectivity index (χ4n) is 2.42. The molecule has 0 unspecified atom stereocenters. The first-order valence-corrected chi connectivity index (χ1v) is 8.76. The Bertz CT molecular complexity index is 955. The molecule has 0 heterocycles. The molecule has 6 nitrogen and oxygen atoms in total. The molecule has 3 aromatic carbocycles. The van der Waals surface area contributed by atoms with Crippen LogP contribution in [-0.2, 0) is 6.61 Å². The van der Waals surface area contributed by atoms with E-state index in [1.165, 1.54) is 0 Å². The van der Waals surface area contributed by atoms with E-state index in [4.69, 9.17) is 21.5 Å². The first-order chi connectivity index (χ1) is 13.5. The maximum Gasteiger partial charge on any atom is 0.274 e. The van der Waals surface area contributed by atoms with Gasteiger partial charge in [-0.3, -0.25) is 14.8 Å². The summed E-state index contributed by atoms with van der Waals surface area (Å²) in [5.74, 6) is -0.150. The van der Waals surface area contributed by atoms with E-state index in [1.54, 1.807) is 78.3 Å². The number of nitrogens with one attached hydrogen (secondary N) is 2. The average molecular weight is 397 g/mol. The Balaban J connectivity index is 1.55. The van der Waals surface area contributed by atoms with Crippen LogP contribution in [0.25, 0.3) is 0 Å². The highest BCUT2D eigenvalue weighted by molar-refractivity contribution is 6.30. The number of ether oxygens (including phenoxy) is 1. The van der Waals surface area contributed by atoms with Crippen molar-refractivity contribution in [1.82, 2.24) is 5.48 Å². The highest BCUT2D eigenvalue weighted by atomic mass is 35.5. The van der Waals surface area contributed by atoms with Crippen molar-refractivity contribution in [2.75, 3.05) is 5.32 Å². The molecule has 0 spiro atoms. The Morgan fingerprint density at radius 2 is 1.39 bits per heavy atom. The number of carbonyl (C=O) groups excluding carboxylic acids is 2. The quantitative estimate of drug-likeness (QED) is 0.428. The minimum absolute atomic E-state index is 0.225. The lowest BCUT2D eigenvalue weighted by atomic mass is 10.1. The number of rotatable bonds is 6. The third-order valence-electron chi connectivity index (χ3n) is 3.94. The third-order valence-corrected chi connectivity index (χ3v) is 4.19. The monoisotopic (exact) mass is 396 g/mol. The molecule has 0 saturated heterocycles. The Hall–Kier alpha value is -3.35. The Kier molecular flexibility index (Phi) is 6.26. The second-order valence-electron chi connectivity index (χ2n) is 5.91. The lowest BCUT2D eigenvalue weighted by Gasteiger charge is -2.09. The van der Waals surface area contributed by atoms with Crippen LogP contribution in [0.15, 0.2) is 72.8 Å². The van der Waals surface area contributed by atoms with Crippen LogP contribution < -0.4 is 15.5 Å².